The standard InChI is InChI=1S/C33H58N12O12/c1-16(2)25(44-28(52)19(13-23(36)47)42-27(51)20(14-24(48)49)41-26(50)17(35)7-3-4-10-34)30(54)40-18(8-5-11-39-33(37)38)31(55)45-12-6-9-22(45)29(53)43-21(15-46)32(56)57/h16-22,25,46H,3-15,34-35H2,1-2H3,(H2,36,47)(H,40,54)(H,41,50)(H,42,51)(H,43,53)(H,44,52)(H,48,49)(H,56,57)(H4,37,38,39)/t17-,18-,19-,20-,21-,22-,25-/m0/s1. The van der Waals surface area contributed by atoms with E-state index in [0.717, 1.165) is 4.90 Å². The monoisotopic (exact) mass is 814 g/mol. The largest absolute Gasteiger partial charge is 0.481 e. The van der Waals surface area contributed by atoms with Crippen LogP contribution in [0.25, 0.3) is 0 Å². The second kappa shape index (κ2) is 24.8. The molecule has 1 aliphatic heterocycles. The van der Waals surface area contributed by atoms with Crippen LogP contribution in [0.1, 0.15) is 71.6 Å². The lowest BCUT2D eigenvalue weighted by Crippen LogP contribution is -2.61. The molecule has 0 unspecified atom stereocenters. The van der Waals surface area contributed by atoms with E-state index in [1.807, 2.05) is 0 Å². The average molecular weight is 815 g/mol. The predicted octanol–water partition coefficient (Wildman–Crippen LogP) is -6.01. The van der Waals surface area contributed by atoms with Crippen LogP contribution < -0.4 is 55.3 Å². The summed E-state index contributed by atoms with van der Waals surface area (Å²) in [5.41, 5.74) is 27.5. The number of aliphatic hydroxyl groups excluding tert-OH is 1. The highest BCUT2D eigenvalue weighted by Crippen LogP contribution is 2.20. The van der Waals surface area contributed by atoms with Crippen molar-refractivity contribution >= 4 is 59.2 Å². The van der Waals surface area contributed by atoms with Crippen LogP contribution >= 0.6 is 0 Å². The van der Waals surface area contributed by atoms with E-state index in [2.05, 4.69) is 31.6 Å². The summed E-state index contributed by atoms with van der Waals surface area (Å²) >= 11 is 0. The number of carbonyl (C=O) groups is 9. The number of hydrogen-bond donors (Lipinski definition) is 13. The zero-order valence-corrected chi connectivity index (χ0v) is 32.1. The topological polar surface area (TPSA) is 420 Å². The van der Waals surface area contributed by atoms with Crippen molar-refractivity contribution in [3.63, 3.8) is 0 Å². The molecule has 7 atom stereocenters. The second-order valence-electron chi connectivity index (χ2n) is 13.8. The highest BCUT2D eigenvalue weighted by molar-refractivity contribution is 5.99. The van der Waals surface area contributed by atoms with E-state index in [0.29, 0.717) is 25.8 Å². The normalized spacial score (nSPS) is 16.8. The minimum atomic E-state index is -1.76. The number of aliphatic hydroxyl groups is 1. The number of rotatable bonds is 26. The first-order valence-corrected chi connectivity index (χ1v) is 18.4. The quantitative estimate of drug-likeness (QED) is 0.0220. The second-order valence-corrected chi connectivity index (χ2v) is 13.8. The maximum absolute atomic E-state index is 13.9. The van der Waals surface area contributed by atoms with Crippen LogP contribution in [-0.2, 0) is 43.2 Å². The fourth-order valence-electron chi connectivity index (χ4n) is 5.75. The molecule has 7 amide bonds. The lowest BCUT2D eigenvalue weighted by Gasteiger charge is -2.31. The fraction of sp³-hybridized carbons (Fsp3) is 0.697. The first kappa shape index (κ1) is 49.4. The molecule has 0 radical (unpaired) electrons. The fourth-order valence-corrected chi connectivity index (χ4v) is 5.75. The van der Waals surface area contributed by atoms with Gasteiger partial charge in [0, 0.05) is 13.1 Å². The van der Waals surface area contributed by atoms with Gasteiger partial charge in [-0.1, -0.05) is 20.3 Å². The van der Waals surface area contributed by atoms with E-state index in [1.165, 1.54) is 13.8 Å². The third kappa shape index (κ3) is 17.4. The van der Waals surface area contributed by atoms with Crippen LogP contribution in [0.5, 0.6) is 0 Å². The number of likely N-dealkylation sites (tertiary alicyclic amines) is 1. The smallest absolute Gasteiger partial charge is 0.328 e. The summed E-state index contributed by atoms with van der Waals surface area (Å²) in [7, 11) is 0. The van der Waals surface area contributed by atoms with E-state index in [9.17, 15) is 58.5 Å². The van der Waals surface area contributed by atoms with Gasteiger partial charge in [-0.15, -0.1) is 0 Å². The molecular weight excluding hydrogens is 756 g/mol. The molecule has 1 saturated heterocycles. The minimum absolute atomic E-state index is 0.0467. The molecule has 24 heteroatoms. The molecule has 0 saturated carbocycles. The van der Waals surface area contributed by atoms with Crippen LogP contribution in [0.2, 0.25) is 0 Å². The van der Waals surface area contributed by atoms with Crippen LogP contribution in [0.15, 0.2) is 4.99 Å². The lowest BCUT2D eigenvalue weighted by atomic mass is 10.0. The summed E-state index contributed by atoms with van der Waals surface area (Å²) in [5, 5.41) is 39.6. The van der Waals surface area contributed by atoms with Crippen LogP contribution in [0.4, 0.5) is 0 Å². The third-order valence-corrected chi connectivity index (χ3v) is 8.80. The zero-order chi connectivity index (χ0) is 43.4. The Labute approximate surface area is 328 Å². The molecule has 1 aliphatic rings. The summed E-state index contributed by atoms with van der Waals surface area (Å²) in [4.78, 5) is 120. The molecule has 0 aliphatic carbocycles. The van der Waals surface area contributed by atoms with Gasteiger partial charge >= 0.3 is 11.9 Å². The number of carbonyl (C=O) groups excluding carboxylic acids is 7. The Morgan fingerprint density at radius 2 is 1.35 bits per heavy atom. The Bertz CT molecular complexity index is 1470. The van der Waals surface area contributed by atoms with Crippen LogP contribution in [-0.4, -0.2) is 148 Å². The van der Waals surface area contributed by atoms with Crippen molar-refractivity contribution in [3.8, 4) is 0 Å². The Morgan fingerprint density at radius 1 is 0.754 bits per heavy atom. The van der Waals surface area contributed by atoms with E-state index in [1.54, 1.807) is 0 Å². The van der Waals surface area contributed by atoms with Gasteiger partial charge in [0.25, 0.3) is 0 Å². The highest BCUT2D eigenvalue weighted by atomic mass is 16.4. The summed E-state index contributed by atoms with van der Waals surface area (Å²) < 4.78 is 0. The third-order valence-electron chi connectivity index (χ3n) is 8.80. The summed E-state index contributed by atoms with van der Waals surface area (Å²) in [6.45, 7) is 2.64. The number of nitrogens with two attached hydrogens (primary N) is 5. The molecule has 0 aromatic carbocycles. The number of carboxylic acids is 2. The van der Waals surface area contributed by atoms with Crippen molar-refractivity contribution in [2.45, 2.75) is 114 Å². The average Bonchev–Trinajstić information content (AvgIpc) is 3.62. The number of amides is 7. The van der Waals surface area contributed by atoms with E-state index >= 15 is 0 Å². The van der Waals surface area contributed by atoms with Crippen LogP contribution in [0, 0.1) is 5.92 Å². The molecule has 24 nitrogen and oxygen atoms in total. The number of nitrogens with zero attached hydrogens (tertiary/aromatic N) is 2. The zero-order valence-electron chi connectivity index (χ0n) is 32.1. The lowest BCUT2D eigenvalue weighted by molar-refractivity contribution is -0.146. The number of guanidine groups is 1. The molecule has 0 bridgehead atoms. The number of primary amides is 1. The Balaban J connectivity index is 3.30. The van der Waals surface area contributed by atoms with Gasteiger partial charge in [0.15, 0.2) is 5.96 Å². The van der Waals surface area contributed by atoms with Gasteiger partial charge in [0.1, 0.15) is 36.3 Å². The number of unbranched alkanes of at least 4 members (excludes halogenated alkanes) is 1. The summed E-state index contributed by atoms with van der Waals surface area (Å²) in [5.74, 6) is -10.5. The molecule has 18 N–H and O–H groups in total. The van der Waals surface area contributed by atoms with Gasteiger partial charge in [-0.3, -0.25) is 43.3 Å². The molecule has 1 heterocycles. The molecule has 1 rings (SSSR count). The number of aliphatic carboxylic acids is 2. The molecule has 1 fully saturated rings. The highest BCUT2D eigenvalue weighted by Gasteiger charge is 2.40. The Kier molecular flexibility index (Phi) is 21.5. The molecule has 322 valence electrons. The maximum atomic E-state index is 13.9. The Hall–Kier alpha value is -5.62. The Morgan fingerprint density at radius 3 is 1.89 bits per heavy atom. The molecule has 57 heavy (non-hydrogen) atoms. The number of nitrogens with one attached hydrogen (secondary N) is 5. The van der Waals surface area contributed by atoms with Crippen LogP contribution in [0.3, 0.4) is 0 Å². The van der Waals surface area contributed by atoms with E-state index in [-0.39, 0.29) is 44.7 Å². The molecule has 0 spiro atoms. The predicted molar refractivity (Wildman–Crippen MR) is 201 cm³/mol. The molecule has 0 aromatic heterocycles. The van der Waals surface area contributed by atoms with Crippen molar-refractivity contribution in [2.75, 3.05) is 26.2 Å². The molecule has 0 aromatic rings. The van der Waals surface area contributed by atoms with E-state index in [4.69, 9.17) is 28.7 Å². The van der Waals surface area contributed by atoms with Crippen molar-refractivity contribution < 1.29 is 58.5 Å². The first-order valence-electron chi connectivity index (χ1n) is 18.4. The summed E-state index contributed by atoms with van der Waals surface area (Å²) in [6.07, 6.45) is 0.103. The van der Waals surface area contributed by atoms with Crippen molar-refractivity contribution in [2.24, 2.45) is 39.6 Å². The maximum Gasteiger partial charge on any atom is 0.328 e. The van der Waals surface area contributed by atoms with Gasteiger partial charge < -0.3 is 75.5 Å². The van der Waals surface area contributed by atoms with Gasteiger partial charge in [0.2, 0.25) is 41.4 Å². The van der Waals surface area contributed by atoms with Crippen molar-refractivity contribution in [1.82, 2.24) is 31.5 Å². The van der Waals surface area contributed by atoms with Gasteiger partial charge in [-0.25, -0.2) is 4.79 Å². The first-order chi connectivity index (χ1) is 26.7. The van der Waals surface area contributed by atoms with E-state index < -0.39 is 121 Å². The summed E-state index contributed by atoms with van der Waals surface area (Å²) in [6, 6.07) is -10.1. The van der Waals surface area contributed by atoms with Gasteiger partial charge in [0.05, 0.1) is 25.5 Å². The number of carboxylic acid groups (broad SMARTS) is 2. The van der Waals surface area contributed by atoms with Gasteiger partial charge in [-0.2, -0.15) is 0 Å². The van der Waals surface area contributed by atoms with Gasteiger partial charge in [-0.05, 0) is 51.0 Å². The number of aliphatic imine (C=N–C) groups is 1. The van der Waals surface area contributed by atoms with Crippen molar-refractivity contribution in [3.05, 3.63) is 0 Å². The SMILES string of the molecule is CC(C)[C@H](NC(=O)[C@H](CC(N)=O)NC(=O)[C@H](CC(=O)O)NC(=O)[C@@H](N)CCCCN)C(=O)N[C@@H](CCCN=C(N)N)C(=O)N1CCC[C@H]1C(=O)N[C@@H](CO)C(=O)O. The van der Waals surface area contributed by atoms with Crippen molar-refractivity contribution in [1.29, 1.82) is 0 Å². The molecular formula is C33H58N12O12. The number of hydrogen-bond acceptors (Lipinski definition) is 13. The minimum Gasteiger partial charge on any atom is -0.481 e.